The molecule has 116 valence electrons. The molecule has 1 atom stereocenters. The Balaban J connectivity index is 1.86. The maximum Gasteiger partial charge on any atom is 0.253 e. The number of sulfonamides is 1. The van der Waals surface area contributed by atoms with E-state index >= 15 is 0 Å². The predicted molar refractivity (Wildman–Crippen MR) is 81.7 cm³/mol. The molecule has 0 spiro atoms. The summed E-state index contributed by atoms with van der Waals surface area (Å²) in [4.78, 5) is 14.5. The lowest BCUT2D eigenvalue weighted by Crippen LogP contribution is -2.52. The molecule has 3 heterocycles. The molecule has 0 aromatic carbocycles. The van der Waals surface area contributed by atoms with Crippen LogP contribution in [0.3, 0.4) is 0 Å². The first kappa shape index (κ1) is 15.0. The van der Waals surface area contributed by atoms with Crippen LogP contribution in [0.25, 0.3) is 0 Å². The van der Waals surface area contributed by atoms with Gasteiger partial charge in [-0.3, -0.25) is 4.79 Å². The van der Waals surface area contributed by atoms with E-state index in [0.717, 1.165) is 38.8 Å². The van der Waals surface area contributed by atoms with Crippen LogP contribution < -0.4 is 0 Å². The average Bonchev–Trinajstić information content (AvgIpc) is 3.19. The van der Waals surface area contributed by atoms with Gasteiger partial charge >= 0.3 is 0 Å². The predicted octanol–water partition coefficient (Wildman–Crippen LogP) is 1.91. The highest BCUT2D eigenvalue weighted by Crippen LogP contribution is 2.29. The second-order valence-corrected chi connectivity index (χ2v) is 8.66. The molecule has 0 aliphatic carbocycles. The quantitative estimate of drug-likeness (QED) is 0.852. The van der Waals surface area contributed by atoms with Gasteiger partial charge in [-0.1, -0.05) is 12.5 Å². The molecule has 2 aliphatic heterocycles. The maximum absolute atomic E-state index is 12.7. The molecule has 7 heteroatoms. The fraction of sp³-hybridized carbons (Fsp3) is 0.643. The van der Waals surface area contributed by atoms with Crippen LogP contribution in [0.4, 0.5) is 0 Å². The van der Waals surface area contributed by atoms with Gasteiger partial charge in [0.05, 0.1) is 0 Å². The van der Waals surface area contributed by atoms with E-state index in [-0.39, 0.29) is 5.91 Å². The second-order valence-electron chi connectivity index (χ2n) is 5.59. The van der Waals surface area contributed by atoms with E-state index < -0.39 is 16.1 Å². The van der Waals surface area contributed by atoms with Gasteiger partial charge in [0.2, 0.25) is 5.91 Å². The Morgan fingerprint density at radius 1 is 1.14 bits per heavy atom. The highest BCUT2D eigenvalue weighted by Gasteiger charge is 2.40. The Hall–Kier alpha value is -0.920. The zero-order valence-electron chi connectivity index (χ0n) is 11.9. The van der Waals surface area contributed by atoms with Crippen molar-refractivity contribution in [2.24, 2.45) is 0 Å². The summed E-state index contributed by atoms with van der Waals surface area (Å²) in [7, 11) is -3.54. The summed E-state index contributed by atoms with van der Waals surface area (Å²) in [6, 6.07) is 2.84. The molecule has 2 fully saturated rings. The molecule has 3 rings (SSSR count). The monoisotopic (exact) mass is 328 g/mol. The van der Waals surface area contributed by atoms with Crippen molar-refractivity contribution in [3.8, 4) is 0 Å². The van der Waals surface area contributed by atoms with Crippen LogP contribution in [-0.4, -0.2) is 49.2 Å². The summed E-state index contributed by atoms with van der Waals surface area (Å²) >= 11 is 1.21. The fourth-order valence-electron chi connectivity index (χ4n) is 3.11. The molecule has 0 saturated carbocycles. The number of carbonyl (C=O) groups excluding carboxylic acids is 1. The lowest BCUT2D eigenvalue weighted by Gasteiger charge is -2.35. The summed E-state index contributed by atoms with van der Waals surface area (Å²) in [5.41, 5.74) is 0. The number of amides is 1. The molecular formula is C14H20N2O3S2. The van der Waals surface area contributed by atoms with Crippen LogP contribution in [0.2, 0.25) is 0 Å². The summed E-state index contributed by atoms with van der Waals surface area (Å²) < 4.78 is 27.3. The van der Waals surface area contributed by atoms with Gasteiger partial charge < -0.3 is 4.90 Å². The summed E-state index contributed by atoms with van der Waals surface area (Å²) in [6.45, 7) is 1.98. The molecule has 0 radical (unpaired) electrons. The number of hydrogen-bond donors (Lipinski definition) is 0. The van der Waals surface area contributed by atoms with Gasteiger partial charge in [0.1, 0.15) is 10.3 Å². The van der Waals surface area contributed by atoms with Crippen molar-refractivity contribution in [3.05, 3.63) is 17.5 Å². The number of rotatable bonds is 3. The Bertz CT molecular complexity index is 592. The van der Waals surface area contributed by atoms with Crippen LogP contribution in [0, 0.1) is 0 Å². The smallest absolute Gasteiger partial charge is 0.253 e. The second kappa shape index (κ2) is 6.06. The van der Waals surface area contributed by atoms with E-state index in [0.29, 0.717) is 17.2 Å². The molecule has 1 amide bonds. The highest BCUT2D eigenvalue weighted by atomic mass is 32.2. The first-order valence-electron chi connectivity index (χ1n) is 7.45. The maximum atomic E-state index is 12.7. The third-order valence-corrected chi connectivity index (χ3v) is 7.50. The van der Waals surface area contributed by atoms with Crippen molar-refractivity contribution in [1.29, 1.82) is 0 Å². The molecule has 21 heavy (non-hydrogen) atoms. The zero-order chi connectivity index (χ0) is 14.9. The molecule has 2 saturated heterocycles. The molecular weight excluding hydrogens is 308 g/mol. The van der Waals surface area contributed by atoms with Gasteiger partial charge in [-0.15, -0.1) is 11.3 Å². The Morgan fingerprint density at radius 3 is 2.52 bits per heavy atom. The minimum atomic E-state index is -3.54. The third-order valence-electron chi connectivity index (χ3n) is 4.21. The first-order chi connectivity index (χ1) is 10.1. The van der Waals surface area contributed by atoms with E-state index in [2.05, 4.69) is 0 Å². The molecule has 5 nitrogen and oxygen atoms in total. The van der Waals surface area contributed by atoms with Crippen molar-refractivity contribution in [3.63, 3.8) is 0 Å². The van der Waals surface area contributed by atoms with Crippen LogP contribution in [0.1, 0.15) is 32.1 Å². The number of likely N-dealkylation sites (tertiary alicyclic amines) is 1. The van der Waals surface area contributed by atoms with Gasteiger partial charge in [-0.2, -0.15) is 4.31 Å². The molecule has 1 aromatic rings. The SMILES string of the molecule is O=C(C1CCCCN1S(=O)(=O)c1cccs1)N1CCCC1. The number of piperidine rings is 1. The Labute approximate surface area is 129 Å². The fourth-order valence-corrected chi connectivity index (χ4v) is 5.88. The van der Waals surface area contributed by atoms with Crippen molar-refractivity contribution < 1.29 is 13.2 Å². The van der Waals surface area contributed by atoms with Crippen molar-refractivity contribution in [1.82, 2.24) is 9.21 Å². The van der Waals surface area contributed by atoms with E-state index in [1.54, 1.807) is 17.5 Å². The average molecular weight is 328 g/mol. The normalized spacial score (nSPS) is 24.4. The Morgan fingerprint density at radius 2 is 1.86 bits per heavy atom. The van der Waals surface area contributed by atoms with Crippen LogP contribution in [0.15, 0.2) is 21.7 Å². The van der Waals surface area contributed by atoms with Crippen LogP contribution >= 0.6 is 11.3 Å². The van der Waals surface area contributed by atoms with Crippen molar-refractivity contribution in [2.75, 3.05) is 19.6 Å². The molecule has 1 aromatic heterocycles. The van der Waals surface area contributed by atoms with Gasteiger partial charge in [-0.25, -0.2) is 8.42 Å². The van der Waals surface area contributed by atoms with Crippen molar-refractivity contribution >= 4 is 27.3 Å². The minimum Gasteiger partial charge on any atom is -0.341 e. The van der Waals surface area contributed by atoms with Gasteiger partial charge in [0, 0.05) is 19.6 Å². The van der Waals surface area contributed by atoms with E-state index in [4.69, 9.17) is 0 Å². The zero-order valence-corrected chi connectivity index (χ0v) is 13.5. The number of carbonyl (C=O) groups is 1. The topological polar surface area (TPSA) is 57.7 Å². The third kappa shape index (κ3) is 2.86. The minimum absolute atomic E-state index is 0.00710. The van der Waals surface area contributed by atoms with Gasteiger partial charge in [0.25, 0.3) is 10.0 Å². The summed E-state index contributed by atoms with van der Waals surface area (Å²) in [5.74, 6) is -0.00710. The van der Waals surface area contributed by atoms with Gasteiger partial charge in [0.15, 0.2) is 0 Å². The van der Waals surface area contributed by atoms with Crippen molar-refractivity contribution in [2.45, 2.75) is 42.4 Å². The van der Waals surface area contributed by atoms with E-state index in [1.165, 1.54) is 15.6 Å². The van der Waals surface area contributed by atoms with E-state index in [9.17, 15) is 13.2 Å². The van der Waals surface area contributed by atoms with Gasteiger partial charge in [-0.05, 0) is 37.1 Å². The molecule has 1 unspecified atom stereocenters. The lowest BCUT2D eigenvalue weighted by molar-refractivity contribution is -0.135. The highest BCUT2D eigenvalue weighted by molar-refractivity contribution is 7.91. The standard InChI is InChI=1S/C14H20N2O3S2/c17-14(15-8-3-4-9-15)12-6-1-2-10-16(12)21(18,19)13-7-5-11-20-13/h5,7,11-12H,1-4,6,8-10H2. The summed E-state index contributed by atoms with van der Waals surface area (Å²) in [6.07, 6.45) is 4.43. The largest absolute Gasteiger partial charge is 0.341 e. The molecule has 0 bridgehead atoms. The van der Waals surface area contributed by atoms with Crippen LogP contribution in [0.5, 0.6) is 0 Å². The lowest BCUT2D eigenvalue weighted by atomic mass is 10.0. The molecule has 2 aliphatic rings. The molecule has 0 N–H and O–H groups in total. The first-order valence-corrected chi connectivity index (χ1v) is 9.77. The number of hydrogen-bond acceptors (Lipinski definition) is 4. The Kier molecular flexibility index (Phi) is 4.33. The van der Waals surface area contributed by atoms with E-state index in [1.807, 2.05) is 4.90 Å². The van der Waals surface area contributed by atoms with Crippen LogP contribution in [-0.2, 0) is 14.8 Å². The number of nitrogens with zero attached hydrogens (tertiary/aromatic N) is 2. The summed E-state index contributed by atoms with van der Waals surface area (Å²) in [5, 5.41) is 1.76. The number of thiophene rings is 1.